The lowest BCUT2D eigenvalue weighted by Gasteiger charge is -2.17. The third-order valence-corrected chi connectivity index (χ3v) is 4.04. The molecule has 20 heavy (non-hydrogen) atoms. The minimum absolute atomic E-state index is 0.0179. The molecule has 1 aliphatic rings. The molecule has 3 nitrogen and oxygen atoms in total. The van der Waals surface area contributed by atoms with Gasteiger partial charge in [-0.2, -0.15) is 0 Å². The van der Waals surface area contributed by atoms with E-state index in [9.17, 15) is 5.11 Å². The Hall–Kier alpha value is -1.61. The zero-order valence-electron chi connectivity index (χ0n) is 11.7. The number of nitrogens with zero attached hydrogens (tertiary/aromatic N) is 1. The van der Waals surface area contributed by atoms with Gasteiger partial charge in [-0.3, -0.25) is 0 Å². The number of rotatable bonds is 3. The van der Waals surface area contributed by atoms with Gasteiger partial charge in [-0.25, -0.2) is 4.98 Å². The fourth-order valence-electron chi connectivity index (χ4n) is 2.94. The molecule has 1 N–H and O–H groups in total. The van der Waals surface area contributed by atoms with Crippen molar-refractivity contribution in [1.29, 1.82) is 0 Å². The van der Waals surface area contributed by atoms with Gasteiger partial charge in [-0.15, -0.1) is 0 Å². The third-order valence-electron chi connectivity index (χ3n) is 4.04. The summed E-state index contributed by atoms with van der Waals surface area (Å²) in [5.74, 6) is 0.652. The molecular weight excluding hydrogens is 250 g/mol. The molecule has 106 valence electrons. The van der Waals surface area contributed by atoms with E-state index in [4.69, 9.17) is 4.74 Å². The van der Waals surface area contributed by atoms with E-state index in [1.807, 2.05) is 30.3 Å². The smallest absolute Gasteiger partial charge is 0.214 e. The predicted molar refractivity (Wildman–Crippen MR) is 79.8 cm³/mol. The Kier molecular flexibility index (Phi) is 4.16. The summed E-state index contributed by atoms with van der Waals surface area (Å²) in [6, 6.07) is 9.77. The van der Waals surface area contributed by atoms with E-state index in [1.54, 1.807) is 0 Å². The minimum Gasteiger partial charge on any atom is -0.474 e. The normalized spacial score (nSPS) is 17.1. The molecule has 0 aliphatic heterocycles. The maximum absolute atomic E-state index is 9.53. The van der Waals surface area contributed by atoms with Crippen molar-refractivity contribution in [3.8, 4) is 5.88 Å². The molecule has 0 bridgehead atoms. The van der Waals surface area contributed by atoms with Gasteiger partial charge in [0.2, 0.25) is 5.88 Å². The highest BCUT2D eigenvalue weighted by molar-refractivity contribution is 5.82. The van der Waals surface area contributed by atoms with Crippen LogP contribution in [0.5, 0.6) is 5.88 Å². The molecule has 0 unspecified atom stereocenters. The molecule has 1 fully saturated rings. The number of aromatic nitrogens is 1. The number of fused-ring (bicyclic) bond motifs is 1. The molecule has 1 aromatic heterocycles. The van der Waals surface area contributed by atoms with Gasteiger partial charge in [0.05, 0.1) is 12.1 Å². The van der Waals surface area contributed by atoms with Crippen molar-refractivity contribution >= 4 is 10.9 Å². The molecule has 0 atom stereocenters. The molecule has 1 saturated carbocycles. The van der Waals surface area contributed by atoms with Gasteiger partial charge in [0, 0.05) is 11.5 Å². The van der Waals surface area contributed by atoms with Crippen LogP contribution in [0.3, 0.4) is 0 Å². The van der Waals surface area contributed by atoms with Gasteiger partial charge in [-0.1, -0.05) is 31.0 Å². The first-order valence-electron chi connectivity index (χ1n) is 7.53. The second-order valence-electron chi connectivity index (χ2n) is 5.53. The van der Waals surface area contributed by atoms with E-state index < -0.39 is 0 Å². The minimum atomic E-state index is 0.0179. The van der Waals surface area contributed by atoms with Gasteiger partial charge in [0.1, 0.15) is 6.10 Å². The number of aliphatic hydroxyl groups excluding tert-OH is 1. The Morgan fingerprint density at radius 2 is 1.85 bits per heavy atom. The average molecular weight is 271 g/mol. The zero-order valence-corrected chi connectivity index (χ0v) is 11.7. The fourth-order valence-corrected chi connectivity index (χ4v) is 2.94. The number of hydrogen-bond acceptors (Lipinski definition) is 3. The Morgan fingerprint density at radius 1 is 1.10 bits per heavy atom. The summed E-state index contributed by atoms with van der Waals surface area (Å²) in [6.07, 6.45) is 7.61. The van der Waals surface area contributed by atoms with E-state index in [2.05, 4.69) is 4.98 Å². The highest BCUT2D eigenvalue weighted by atomic mass is 16.5. The van der Waals surface area contributed by atoms with Crippen LogP contribution in [0.25, 0.3) is 10.9 Å². The summed E-state index contributed by atoms with van der Waals surface area (Å²) in [6.45, 7) is 0.0179. The van der Waals surface area contributed by atoms with Crippen LogP contribution in [-0.2, 0) is 6.61 Å². The van der Waals surface area contributed by atoms with Crippen molar-refractivity contribution < 1.29 is 9.84 Å². The number of para-hydroxylation sites is 1. The maximum atomic E-state index is 9.53. The quantitative estimate of drug-likeness (QED) is 0.863. The van der Waals surface area contributed by atoms with E-state index >= 15 is 0 Å². The summed E-state index contributed by atoms with van der Waals surface area (Å²) in [7, 11) is 0. The second-order valence-corrected chi connectivity index (χ2v) is 5.53. The predicted octanol–water partition coefficient (Wildman–Crippen LogP) is 3.83. The number of hydrogen-bond donors (Lipinski definition) is 1. The van der Waals surface area contributed by atoms with Crippen molar-refractivity contribution in [1.82, 2.24) is 4.98 Å². The lowest BCUT2D eigenvalue weighted by Crippen LogP contribution is -2.16. The van der Waals surface area contributed by atoms with Crippen molar-refractivity contribution in [3.05, 3.63) is 35.9 Å². The lowest BCUT2D eigenvalue weighted by atomic mass is 10.1. The van der Waals surface area contributed by atoms with Gasteiger partial charge in [0.25, 0.3) is 0 Å². The van der Waals surface area contributed by atoms with E-state index in [0.29, 0.717) is 5.88 Å². The van der Waals surface area contributed by atoms with Crippen molar-refractivity contribution in [3.63, 3.8) is 0 Å². The van der Waals surface area contributed by atoms with Gasteiger partial charge >= 0.3 is 0 Å². The van der Waals surface area contributed by atoms with E-state index in [0.717, 1.165) is 29.3 Å². The van der Waals surface area contributed by atoms with Gasteiger partial charge in [-0.05, 0) is 37.3 Å². The number of pyridine rings is 1. The Morgan fingerprint density at radius 3 is 2.60 bits per heavy atom. The van der Waals surface area contributed by atoms with Gasteiger partial charge < -0.3 is 9.84 Å². The van der Waals surface area contributed by atoms with Crippen molar-refractivity contribution in [2.24, 2.45) is 0 Å². The van der Waals surface area contributed by atoms with Crippen LogP contribution in [0.2, 0.25) is 0 Å². The monoisotopic (exact) mass is 271 g/mol. The molecule has 3 rings (SSSR count). The summed E-state index contributed by atoms with van der Waals surface area (Å²) in [5, 5.41) is 10.5. The summed E-state index contributed by atoms with van der Waals surface area (Å²) in [5.41, 5.74) is 1.78. The van der Waals surface area contributed by atoms with E-state index in [1.165, 1.54) is 25.7 Å². The lowest BCUT2D eigenvalue weighted by molar-refractivity contribution is 0.176. The molecular formula is C17H21NO2. The summed E-state index contributed by atoms with van der Waals surface area (Å²) in [4.78, 5) is 4.58. The van der Waals surface area contributed by atoms with Gasteiger partial charge in [0.15, 0.2) is 0 Å². The molecule has 0 radical (unpaired) electrons. The Bertz CT molecular complexity index is 574. The Labute approximate surface area is 119 Å². The highest BCUT2D eigenvalue weighted by Gasteiger charge is 2.15. The van der Waals surface area contributed by atoms with Crippen molar-refractivity contribution in [2.45, 2.75) is 51.2 Å². The van der Waals surface area contributed by atoms with Crippen LogP contribution in [0.4, 0.5) is 0 Å². The number of ether oxygens (including phenoxy) is 1. The first-order valence-corrected chi connectivity index (χ1v) is 7.53. The van der Waals surface area contributed by atoms with Crippen LogP contribution in [0.1, 0.15) is 44.1 Å². The Balaban J connectivity index is 1.87. The molecule has 0 saturated heterocycles. The van der Waals surface area contributed by atoms with Crippen LogP contribution < -0.4 is 4.74 Å². The molecule has 3 heteroatoms. The molecule has 0 amide bonds. The van der Waals surface area contributed by atoms with Crippen LogP contribution >= 0.6 is 0 Å². The van der Waals surface area contributed by atoms with E-state index in [-0.39, 0.29) is 12.7 Å². The molecule has 1 heterocycles. The average Bonchev–Trinajstić information content (AvgIpc) is 2.75. The number of aliphatic hydroxyl groups is 1. The van der Waals surface area contributed by atoms with Crippen molar-refractivity contribution in [2.75, 3.05) is 0 Å². The highest BCUT2D eigenvalue weighted by Crippen LogP contribution is 2.26. The molecule has 2 aromatic rings. The second kappa shape index (κ2) is 6.23. The largest absolute Gasteiger partial charge is 0.474 e. The molecule has 1 aromatic carbocycles. The first kappa shape index (κ1) is 13.4. The zero-order chi connectivity index (χ0) is 13.8. The standard InChI is InChI=1S/C17H21NO2/c19-12-13-11-17(18-16-10-6-5-9-15(13)16)20-14-7-3-1-2-4-8-14/h5-6,9-11,14,19H,1-4,7-8,12H2. The maximum Gasteiger partial charge on any atom is 0.214 e. The number of benzene rings is 1. The summed E-state index contributed by atoms with van der Waals surface area (Å²) >= 11 is 0. The first-order chi connectivity index (χ1) is 9.86. The van der Waals surface area contributed by atoms with Crippen LogP contribution in [0, 0.1) is 0 Å². The third kappa shape index (κ3) is 2.93. The van der Waals surface area contributed by atoms with Crippen LogP contribution in [0.15, 0.2) is 30.3 Å². The summed E-state index contributed by atoms with van der Waals surface area (Å²) < 4.78 is 6.06. The molecule has 1 aliphatic carbocycles. The SMILES string of the molecule is OCc1cc(OC2CCCCCC2)nc2ccccc12. The molecule has 0 spiro atoms. The van der Waals surface area contributed by atoms with Crippen LogP contribution in [-0.4, -0.2) is 16.2 Å². The fraction of sp³-hybridized carbons (Fsp3) is 0.471. The topological polar surface area (TPSA) is 42.4 Å².